The predicted molar refractivity (Wildman–Crippen MR) is 132 cm³/mol. The van der Waals surface area contributed by atoms with Gasteiger partial charge in [-0.2, -0.15) is 0 Å². The van der Waals surface area contributed by atoms with Gasteiger partial charge in [-0.25, -0.2) is 13.6 Å². The van der Waals surface area contributed by atoms with Crippen molar-refractivity contribution in [2.24, 2.45) is 11.8 Å². The summed E-state index contributed by atoms with van der Waals surface area (Å²) in [6.45, 7) is 5.54. The minimum atomic E-state index is -0.355. The Hall–Kier alpha value is -3.00. The van der Waals surface area contributed by atoms with Crippen LogP contribution in [0.1, 0.15) is 31.7 Å². The number of likely N-dealkylation sites (tertiary alicyclic amines) is 2. The van der Waals surface area contributed by atoms with Crippen molar-refractivity contribution in [3.8, 4) is 0 Å². The summed E-state index contributed by atoms with van der Waals surface area (Å²) >= 11 is 0. The van der Waals surface area contributed by atoms with Gasteiger partial charge in [-0.1, -0.05) is 12.1 Å². The maximum Gasteiger partial charge on any atom is 0.319 e. The Labute approximate surface area is 205 Å². The Morgan fingerprint density at radius 1 is 0.943 bits per heavy atom. The molecule has 0 bridgehead atoms. The largest absolute Gasteiger partial charge is 0.342 e. The van der Waals surface area contributed by atoms with Gasteiger partial charge in [0.1, 0.15) is 11.6 Å². The first-order valence-electron chi connectivity index (χ1n) is 12.4. The van der Waals surface area contributed by atoms with Crippen LogP contribution in [0.5, 0.6) is 0 Å². The lowest BCUT2D eigenvalue weighted by Gasteiger charge is -2.42. The van der Waals surface area contributed by atoms with Crippen molar-refractivity contribution < 1.29 is 18.4 Å². The van der Waals surface area contributed by atoms with Crippen molar-refractivity contribution in [1.82, 2.24) is 15.1 Å². The van der Waals surface area contributed by atoms with Crippen LogP contribution >= 0.6 is 0 Å². The molecule has 2 aromatic rings. The molecule has 2 saturated heterocycles. The van der Waals surface area contributed by atoms with Crippen LogP contribution in [0, 0.1) is 23.5 Å². The van der Waals surface area contributed by atoms with Crippen LogP contribution in [0.3, 0.4) is 0 Å². The zero-order valence-electron chi connectivity index (χ0n) is 20.2. The number of halogens is 2. The topological polar surface area (TPSA) is 64.7 Å². The molecule has 35 heavy (non-hydrogen) atoms. The number of hydrogen-bond acceptors (Lipinski definition) is 3. The van der Waals surface area contributed by atoms with Crippen molar-refractivity contribution in [3.05, 3.63) is 65.7 Å². The molecule has 188 valence electrons. The maximum atomic E-state index is 13.3. The highest BCUT2D eigenvalue weighted by Gasteiger charge is 2.34. The molecule has 2 aromatic carbocycles. The lowest BCUT2D eigenvalue weighted by molar-refractivity contribution is -0.131. The fraction of sp³-hybridized carbons (Fsp3) is 0.481. The molecule has 2 heterocycles. The number of carbonyl (C=O) groups is 2. The second-order valence-corrected chi connectivity index (χ2v) is 9.82. The summed E-state index contributed by atoms with van der Waals surface area (Å²) in [7, 11) is 0. The van der Waals surface area contributed by atoms with E-state index in [4.69, 9.17) is 0 Å². The molecule has 0 aromatic heterocycles. The quantitative estimate of drug-likeness (QED) is 0.644. The highest BCUT2D eigenvalue weighted by molar-refractivity contribution is 5.89. The number of benzene rings is 2. The van der Waals surface area contributed by atoms with E-state index in [0.29, 0.717) is 31.1 Å². The maximum absolute atomic E-state index is 13.3. The molecule has 2 fully saturated rings. The molecule has 0 radical (unpaired) electrons. The van der Waals surface area contributed by atoms with E-state index in [1.165, 1.54) is 36.4 Å². The summed E-state index contributed by atoms with van der Waals surface area (Å²) in [6.07, 6.45) is 3.84. The number of rotatable bonds is 6. The molecule has 3 amide bonds. The lowest BCUT2D eigenvalue weighted by Crippen LogP contribution is -2.56. The smallest absolute Gasteiger partial charge is 0.319 e. The molecule has 2 N–H and O–H groups in total. The number of nitrogens with zero attached hydrogens (tertiary/aromatic N) is 2. The molecule has 6 nitrogen and oxygen atoms in total. The third kappa shape index (κ3) is 7.24. The first-order chi connectivity index (χ1) is 16.9. The first kappa shape index (κ1) is 25.1. The zero-order chi connectivity index (χ0) is 24.8. The minimum absolute atomic E-state index is 0.0528. The van der Waals surface area contributed by atoms with E-state index in [-0.39, 0.29) is 35.5 Å². The van der Waals surface area contributed by atoms with Gasteiger partial charge in [-0.3, -0.25) is 4.79 Å². The van der Waals surface area contributed by atoms with E-state index in [9.17, 15) is 18.4 Å². The van der Waals surface area contributed by atoms with Crippen molar-refractivity contribution in [2.45, 2.75) is 38.6 Å². The van der Waals surface area contributed by atoms with Gasteiger partial charge in [0.15, 0.2) is 0 Å². The van der Waals surface area contributed by atoms with E-state index in [2.05, 4.69) is 15.5 Å². The van der Waals surface area contributed by atoms with Crippen molar-refractivity contribution in [2.75, 3.05) is 38.0 Å². The number of carbonyl (C=O) groups excluding carboxylic acids is 2. The Morgan fingerprint density at radius 3 is 2.31 bits per heavy atom. The molecule has 8 heteroatoms. The third-order valence-electron chi connectivity index (χ3n) is 7.13. The van der Waals surface area contributed by atoms with Crippen LogP contribution < -0.4 is 10.6 Å². The van der Waals surface area contributed by atoms with Crippen LogP contribution in [-0.4, -0.2) is 60.5 Å². The van der Waals surface area contributed by atoms with E-state index in [1.54, 1.807) is 6.92 Å². The highest BCUT2D eigenvalue weighted by atomic mass is 19.1. The number of amides is 3. The summed E-state index contributed by atoms with van der Waals surface area (Å²) in [5.41, 5.74) is 1.68. The Kier molecular flexibility index (Phi) is 8.33. The number of hydrogen-bond donors (Lipinski definition) is 2. The van der Waals surface area contributed by atoms with E-state index in [0.717, 1.165) is 44.5 Å². The van der Waals surface area contributed by atoms with Gasteiger partial charge in [0.2, 0.25) is 5.91 Å². The standard InChI is InChI=1S/C27H34F2N4O2/c1-19(34)33-14-12-26(31-27(35)30-25-10-8-24(29)9-11-25)22(18-33)17-32-13-2-3-21(16-32)15-20-4-6-23(28)7-5-20/h4-11,21-22,26H,2-3,12-18H2,1H3,(H2,30,31,35)/t21?,22-,26-/m1/s1. The zero-order valence-corrected chi connectivity index (χ0v) is 20.2. The highest BCUT2D eigenvalue weighted by Crippen LogP contribution is 2.25. The van der Waals surface area contributed by atoms with Gasteiger partial charge in [0.05, 0.1) is 0 Å². The number of piperidine rings is 2. The van der Waals surface area contributed by atoms with E-state index in [1.807, 2.05) is 17.0 Å². The third-order valence-corrected chi connectivity index (χ3v) is 7.13. The van der Waals surface area contributed by atoms with Gasteiger partial charge in [-0.15, -0.1) is 0 Å². The molecule has 2 aliphatic rings. The van der Waals surface area contributed by atoms with Crippen LogP contribution in [0.2, 0.25) is 0 Å². The summed E-state index contributed by atoms with van der Waals surface area (Å²) in [4.78, 5) is 29.0. The van der Waals surface area contributed by atoms with Gasteiger partial charge in [0, 0.05) is 50.7 Å². The summed E-state index contributed by atoms with van der Waals surface area (Å²) < 4.78 is 26.4. The molecule has 2 aliphatic heterocycles. The van der Waals surface area contributed by atoms with Crippen molar-refractivity contribution >= 4 is 17.6 Å². The van der Waals surface area contributed by atoms with Gasteiger partial charge >= 0.3 is 6.03 Å². The van der Waals surface area contributed by atoms with Crippen LogP contribution in [0.4, 0.5) is 19.3 Å². The average molecular weight is 485 g/mol. The second-order valence-electron chi connectivity index (χ2n) is 9.82. The minimum Gasteiger partial charge on any atom is -0.342 e. The predicted octanol–water partition coefficient (Wildman–Crippen LogP) is 4.28. The molecule has 1 unspecified atom stereocenters. The average Bonchev–Trinajstić information content (AvgIpc) is 2.83. The fourth-order valence-corrected chi connectivity index (χ4v) is 5.33. The molecule has 4 rings (SSSR count). The van der Waals surface area contributed by atoms with Gasteiger partial charge in [-0.05, 0) is 80.1 Å². The molecule has 0 saturated carbocycles. The first-order valence-corrected chi connectivity index (χ1v) is 12.4. The molecular weight excluding hydrogens is 450 g/mol. The van der Waals surface area contributed by atoms with E-state index < -0.39 is 0 Å². The Bertz CT molecular complexity index is 999. The van der Waals surface area contributed by atoms with Crippen molar-refractivity contribution in [3.63, 3.8) is 0 Å². The summed E-state index contributed by atoms with van der Waals surface area (Å²) in [5.74, 6) is 0.0865. The van der Waals surface area contributed by atoms with Gasteiger partial charge in [0.25, 0.3) is 0 Å². The Balaban J connectivity index is 1.36. The lowest BCUT2D eigenvalue weighted by atomic mass is 9.88. The fourth-order valence-electron chi connectivity index (χ4n) is 5.33. The molecule has 0 aliphatic carbocycles. The van der Waals surface area contributed by atoms with Gasteiger partial charge < -0.3 is 20.4 Å². The second kappa shape index (κ2) is 11.6. The van der Waals surface area contributed by atoms with Crippen LogP contribution in [-0.2, 0) is 11.2 Å². The normalized spacial score (nSPS) is 23.1. The number of anilines is 1. The Morgan fingerprint density at radius 2 is 1.63 bits per heavy atom. The summed E-state index contributed by atoms with van der Waals surface area (Å²) in [5, 5.41) is 5.87. The van der Waals surface area contributed by atoms with Crippen molar-refractivity contribution in [1.29, 1.82) is 0 Å². The monoisotopic (exact) mass is 484 g/mol. The molecule has 0 spiro atoms. The van der Waals surface area contributed by atoms with Crippen LogP contribution in [0.15, 0.2) is 48.5 Å². The number of nitrogens with one attached hydrogen (secondary N) is 2. The van der Waals surface area contributed by atoms with E-state index >= 15 is 0 Å². The van der Waals surface area contributed by atoms with Crippen LogP contribution in [0.25, 0.3) is 0 Å². The molecular formula is C27H34F2N4O2. The SMILES string of the molecule is CC(=O)N1CC[C@@H](NC(=O)Nc2ccc(F)cc2)[C@H](CN2CCCC(Cc3ccc(F)cc3)C2)C1. The number of urea groups is 1. The molecule has 3 atom stereocenters. The summed E-state index contributed by atoms with van der Waals surface area (Å²) in [6, 6.07) is 12.0.